The highest BCUT2D eigenvalue weighted by Gasteiger charge is 2.20. The van der Waals surface area contributed by atoms with Gasteiger partial charge in [0.15, 0.2) is 6.10 Å². The van der Waals surface area contributed by atoms with Gasteiger partial charge in [-0.1, -0.05) is 0 Å². The Bertz CT molecular complexity index is 774. The zero-order valence-corrected chi connectivity index (χ0v) is 12.7. The van der Waals surface area contributed by atoms with E-state index in [2.05, 4.69) is 0 Å². The van der Waals surface area contributed by atoms with Crippen LogP contribution in [0.5, 0.6) is 5.75 Å². The maximum Gasteiger partial charge on any atom is 0.347 e. The van der Waals surface area contributed by atoms with Crippen LogP contribution in [0.25, 0.3) is 11.0 Å². The summed E-state index contributed by atoms with van der Waals surface area (Å²) in [6, 6.07) is 5.33. The molecule has 5 nitrogen and oxygen atoms in total. The molecule has 1 aliphatic carbocycles. The second-order valence-electron chi connectivity index (χ2n) is 5.37. The average Bonchev–Trinajstić information content (AvgIpc) is 2.97. The summed E-state index contributed by atoms with van der Waals surface area (Å²) in [7, 11) is 0. The van der Waals surface area contributed by atoms with E-state index in [9.17, 15) is 9.59 Å². The monoisotopic (exact) mass is 302 g/mol. The van der Waals surface area contributed by atoms with Crippen LogP contribution in [0.3, 0.4) is 0 Å². The molecule has 0 amide bonds. The lowest BCUT2D eigenvalue weighted by Gasteiger charge is -2.14. The van der Waals surface area contributed by atoms with Gasteiger partial charge < -0.3 is 13.9 Å². The topological polar surface area (TPSA) is 65.7 Å². The van der Waals surface area contributed by atoms with E-state index >= 15 is 0 Å². The van der Waals surface area contributed by atoms with Crippen molar-refractivity contribution in [3.63, 3.8) is 0 Å². The van der Waals surface area contributed by atoms with Crippen LogP contribution in [0.15, 0.2) is 27.4 Å². The SMILES string of the molecule is CCOC(=O)[C@H](C)Oc1ccc2c3c(c(=O)oc2c1)CCC3. The van der Waals surface area contributed by atoms with Crippen molar-refractivity contribution in [1.82, 2.24) is 0 Å². The molecule has 22 heavy (non-hydrogen) atoms. The van der Waals surface area contributed by atoms with E-state index < -0.39 is 12.1 Å². The van der Waals surface area contributed by atoms with Gasteiger partial charge in [0.1, 0.15) is 11.3 Å². The number of rotatable bonds is 4. The van der Waals surface area contributed by atoms with Crippen molar-refractivity contribution >= 4 is 16.9 Å². The molecule has 0 N–H and O–H groups in total. The third kappa shape index (κ3) is 2.58. The Labute approximate surface area is 127 Å². The largest absolute Gasteiger partial charge is 0.479 e. The number of aryl methyl sites for hydroxylation is 1. The summed E-state index contributed by atoms with van der Waals surface area (Å²) < 4.78 is 15.8. The van der Waals surface area contributed by atoms with Crippen molar-refractivity contribution in [2.24, 2.45) is 0 Å². The van der Waals surface area contributed by atoms with Crippen molar-refractivity contribution in [3.05, 3.63) is 39.7 Å². The predicted octanol–water partition coefficient (Wildman–Crippen LogP) is 2.61. The quantitative estimate of drug-likeness (QED) is 0.641. The number of fused-ring (bicyclic) bond motifs is 3. The van der Waals surface area contributed by atoms with Crippen molar-refractivity contribution in [3.8, 4) is 5.75 Å². The van der Waals surface area contributed by atoms with E-state index in [0.29, 0.717) is 17.9 Å². The third-order valence-electron chi connectivity index (χ3n) is 3.88. The van der Waals surface area contributed by atoms with Crippen LogP contribution >= 0.6 is 0 Å². The summed E-state index contributed by atoms with van der Waals surface area (Å²) in [6.07, 6.45) is 1.96. The Balaban J connectivity index is 1.92. The van der Waals surface area contributed by atoms with Crippen LogP contribution in [0.4, 0.5) is 0 Å². The number of benzene rings is 1. The Morgan fingerprint density at radius 2 is 2.09 bits per heavy atom. The van der Waals surface area contributed by atoms with Gasteiger partial charge in [0.25, 0.3) is 0 Å². The summed E-state index contributed by atoms with van der Waals surface area (Å²) in [5.74, 6) is 0.0622. The number of carbonyl (C=O) groups is 1. The molecule has 1 aromatic carbocycles. The molecular weight excluding hydrogens is 284 g/mol. The summed E-state index contributed by atoms with van der Waals surface area (Å²) in [5, 5.41) is 0.947. The Kier molecular flexibility index (Phi) is 3.88. The molecule has 5 heteroatoms. The molecule has 0 unspecified atom stereocenters. The first-order valence-corrected chi connectivity index (χ1v) is 7.52. The molecule has 1 aliphatic rings. The van der Waals surface area contributed by atoms with E-state index in [4.69, 9.17) is 13.9 Å². The van der Waals surface area contributed by atoms with Gasteiger partial charge in [-0.3, -0.25) is 0 Å². The van der Waals surface area contributed by atoms with Crippen LogP contribution < -0.4 is 10.4 Å². The highest BCUT2D eigenvalue weighted by molar-refractivity contribution is 5.83. The number of hydrogen-bond acceptors (Lipinski definition) is 5. The minimum atomic E-state index is -0.710. The molecule has 0 spiro atoms. The lowest BCUT2D eigenvalue weighted by molar-refractivity contribution is -0.150. The van der Waals surface area contributed by atoms with Crippen molar-refractivity contribution in [1.29, 1.82) is 0 Å². The average molecular weight is 302 g/mol. The van der Waals surface area contributed by atoms with Gasteiger partial charge in [-0.15, -0.1) is 0 Å². The molecule has 0 fully saturated rings. The van der Waals surface area contributed by atoms with Crippen molar-refractivity contribution in [2.75, 3.05) is 6.61 Å². The lowest BCUT2D eigenvalue weighted by atomic mass is 10.1. The summed E-state index contributed by atoms with van der Waals surface area (Å²) >= 11 is 0. The van der Waals surface area contributed by atoms with E-state index in [1.807, 2.05) is 6.07 Å². The fourth-order valence-electron chi connectivity index (χ4n) is 2.85. The predicted molar refractivity (Wildman–Crippen MR) is 81.2 cm³/mol. The second kappa shape index (κ2) is 5.83. The molecular formula is C17H18O5. The molecule has 0 saturated carbocycles. The van der Waals surface area contributed by atoms with Gasteiger partial charge in [0.05, 0.1) is 6.61 Å². The fourth-order valence-corrected chi connectivity index (χ4v) is 2.85. The number of carbonyl (C=O) groups excluding carboxylic acids is 1. The molecule has 0 aliphatic heterocycles. The normalized spacial score (nSPS) is 14.6. The van der Waals surface area contributed by atoms with E-state index in [0.717, 1.165) is 35.8 Å². The van der Waals surface area contributed by atoms with Gasteiger partial charge >= 0.3 is 11.6 Å². The smallest absolute Gasteiger partial charge is 0.347 e. The van der Waals surface area contributed by atoms with Crippen LogP contribution in [0.2, 0.25) is 0 Å². The van der Waals surface area contributed by atoms with Gasteiger partial charge in [0, 0.05) is 17.0 Å². The van der Waals surface area contributed by atoms with Crippen molar-refractivity contribution in [2.45, 2.75) is 39.2 Å². The molecule has 1 aromatic heterocycles. The van der Waals surface area contributed by atoms with Gasteiger partial charge in [0.2, 0.25) is 0 Å². The van der Waals surface area contributed by atoms with Crippen LogP contribution in [0.1, 0.15) is 31.4 Å². The number of esters is 1. The molecule has 1 heterocycles. The maximum absolute atomic E-state index is 12.0. The Hall–Kier alpha value is -2.30. The lowest BCUT2D eigenvalue weighted by Crippen LogP contribution is -2.26. The second-order valence-corrected chi connectivity index (χ2v) is 5.37. The molecule has 0 radical (unpaired) electrons. The third-order valence-corrected chi connectivity index (χ3v) is 3.88. The first-order valence-electron chi connectivity index (χ1n) is 7.52. The molecule has 116 valence electrons. The zero-order valence-electron chi connectivity index (χ0n) is 12.7. The minimum Gasteiger partial charge on any atom is -0.479 e. The molecule has 3 rings (SSSR count). The zero-order chi connectivity index (χ0) is 15.7. The first-order chi connectivity index (χ1) is 10.6. The van der Waals surface area contributed by atoms with Gasteiger partial charge in [-0.05, 0) is 50.8 Å². The minimum absolute atomic E-state index is 0.268. The van der Waals surface area contributed by atoms with E-state index in [-0.39, 0.29) is 5.63 Å². The van der Waals surface area contributed by atoms with Gasteiger partial charge in [-0.25, -0.2) is 9.59 Å². The Morgan fingerprint density at radius 3 is 2.86 bits per heavy atom. The van der Waals surface area contributed by atoms with E-state index in [1.54, 1.807) is 26.0 Å². The summed E-state index contributed by atoms with van der Waals surface area (Å²) in [5.41, 5.74) is 2.10. The highest BCUT2D eigenvalue weighted by atomic mass is 16.6. The molecule has 0 saturated heterocycles. The van der Waals surface area contributed by atoms with Crippen LogP contribution in [-0.2, 0) is 22.4 Å². The fraction of sp³-hybridized carbons (Fsp3) is 0.412. The van der Waals surface area contributed by atoms with Crippen LogP contribution in [-0.4, -0.2) is 18.7 Å². The standard InChI is InChI=1S/C17H18O5/c1-3-20-16(18)10(2)21-11-7-8-13-12-5-4-6-14(12)17(19)22-15(13)9-11/h7-10H,3-6H2,1-2H3/t10-/m0/s1. The van der Waals surface area contributed by atoms with E-state index in [1.165, 1.54) is 0 Å². The number of hydrogen-bond donors (Lipinski definition) is 0. The van der Waals surface area contributed by atoms with Crippen molar-refractivity contribution < 1.29 is 18.7 Å². The van der Waals surface area contributed by atoms with Gasteiger partial charge in [-0.2, -0.15) is 0 Å². The Morgan fingerprint density at radius 1 is 1.32 bits per heavy atom. The van der Waals surface area contributed by atoms with Crippen LogP contribution in [0, 0.1) is 0 Å². The molecule has 0 bridgehead atoms. The maximum atomic E-state index is 12.0. The first kappa shape index (κ1) is 14.6. The summed E-state index contributed by atoms with van der Waals surface area (Å²) in [4.78, 5) is 23.6. The molecule has 2 aromatic rings. The summed E-state index contributed by atoms with van der Waals surface area (Å²) in [6.45, 7) is 3.68. The number of ether oxygens (including phenoxy) is 2. The molecule has 1 atom stereocenters. The highest BCUT2D eigenvalue weighted by Crippen LogP contribution is 2.29.